The normalized spacial score (nSPS) is 19.4. The molecule has 0 bridgehead atoms. The van der Waals surface area contributed by atoms with Gasteiger partial charge in [-0.05, 0) is 19.8 Å². The Hall–Kier alpha value is -1.41. The van der Waals surface area contributed by atoms with Gasteiger partial charge in [-0.25, -0.2) is 19.2 Å². The van der Waals surface area contributed by atoms with Crippen molar-refractivity contribution in [3.05, 3.63) is 11.8 Å². The fourth-order valence-electron chi connectivity index (χ4n) is 1.95. The lowest BCUT2D eigenvalue weighted by Gasteiger charge is -2.23. The number of nitrogen functional groups attached to an aromatic ring is 1. The van der Waals surface area contributed by atoms with Crippen molar-refractivity contribution in [1.82, 2.24) is 9.97 Å². The van der Waals surface area contributed by atoms with Crippen LogP contribution in [0.25, 0.3) is 0 Å². The summed E-state index contributed by atoms with van der Waals surface area (Å²) < 4.78 is 22.6. The van der Waals surface area contributed by atoms with E-state index < -0.39 is 9.84 Å². The fraction of sp³-hybridized carbons (Fsp3) is 0.600. The third kappa shape index (κ3) is 3.30. The average Bonchev–Trinajstić information content (AvgIpc) is 2.31. The molecule has 1 fully saturated rings. The third-order valence-electron chi connectivity index (χ3n) is 2.89. The van der Waals surface area contributed by atoms with Crippen molar-refractivity contribution < 1.29 is 8.42 Å². The van der Waals surface area contributed by atoms with E-state index in [9.17, 15) is 8.42 Å². The van der Waals surface area contributed by atoms with Crippen molar-refractivity contribution >= 4 is 21.6 Å². The Kier molecular flexibility index (Phi) is 3.67. The number of nitrogens with one attached hydrogen (secondary N) is 2. The first-order valence-electron chi connectivity index (χ1n) is 5.78. The largest absolute Gasteiger partial charge is 0.367 e. The molecular weight excluding hydrogens is 254 g/mol. The minimum atomic E-state index is -2.83. The summed E-state index contributed by atoms with van der Waals surface area (Å²) in [6, 6.07) is 1.94. The van der Waals surface area contributed by atoms with Crippen LogP contribution >= 0.6 is 0 Å². The molecule has 1 aromatic heterocycles. The Morgan fingerprint density at radius 3 is 2.61 bits per heavy atom. The molecule has 0 unspecified atom stereocenters. The molecule has 7 nitrogen and oxygen atoms in total. The molecule has 0 radical (unpaired) electrons. The molecule has 0 aliphatic carbocycles. The summed E-state index contributed by atoms with van der Waals surface area (Å²) in [6.45, 7) is 1.85. The van der Waals surface area contributed by atoms with E-state index in [2.05, 4.69) is 20.7 Å². The Bertz CT molecular complexity index is 517. The van der Waals surface area contributed by atoms with Crippen LogP contribution in [0, 0.1) is 6.92 Å². The van der Waals surface area contributed by atoms with Crippen LogP contribution in [-0.2, 0) is 9.84 Å². The Balaban J connectivity index is 2.04. The zero-order valence-electron chi connectivity index (χ0n) is 10.2. The van der Waals surface area contributed by atoms with E-state index in [1.165, 1.54) is 0 Å². The number of hydrazine groups is 1. The van der Waals surface area contributed by atoms with Crippen LogP contribution < -0.4 is 16.6 Å². The van der Waals surface area contributed by atoms with Crippen molar-refractivity contribution in [2.75, 3.05) is 22.2 Å². The average molecular weight is 271 g/mol. The van der Waals surface area contributed by atoms with E-state index in [-0.39, 0.29) is 17.5 Å². The molecule has 0 aromatic carbocycles. The number of rotatable bonds is 3. The number of sulfone groups is 1. The first-order chi connectivity index (χ1) is 8.48. The van der Waals surface area contributed by atoms with E-state index in [1.54, 1.807) is 0 Å². The molecule has 0 atom stereocenters. The number of aryl methyl sites for hydroxylation is 1. The summed E-state index contributed by atoms with van der Waals surface area (Å²) in [6.07, 6.45) is 1.22. The van der Waals surface area contributed by atoms with Crippen molar-refractivity contribution in [2.24, 2.45) is 5.84 Å². The maximum Gasteiger partial charge on any atom is 0.239 e. The molecule has 1 aliphatic heterocycles. The molecule has 4 N–H and O–H groups in total. The lowest BCUT2D eigenvalue weighted by Crippen LogP contribution is -2.32. The first-order valence-corrected chi connectivity index (χ1v) is 7.60. The maximum atomic E-state index is 11.3. The second-order valence-corrected chi connectivity index (χ2v) is 6.74. The highest BCUT2D eigenvalue weighted by Crippen LogP contribution is 2.17. The van der Waals surface area contributed by atoms with Gasteiger partial charge in [0.25, 0.3) is 0 Å². The topological polar surface area (TPSA) is 110 Å². The monoisotopic (exact) mass is 271 g/mol. The van der Waals surface area contributed by atoms with Gasteiger partial charge in [-0.3, -0.25) is 5.43 Å². The van der Waals surface area contributed by atoms with Crippen LogP contribution in [0.5, 0.6) is 0 Å². The smallest absolute Gasteiger partial charge is 0.239 e. The number of hydrogen-bond donors (Lipinski definition) is 3. The Morgan fingerprint density at radius 2 is 2.00 bits per heavy atom. The SMILES string of the molecule is Cc1cc(NC2CCS(=O)(=O)CC2)nc(NN)n1. The highest BCUT2D eigenvalue weighted by molar-refractivity contribution is 7.91. The predicted molar refractivity (Wildman–Crippen MR) is 69.9 cm³/mol. The van der Waals surface area contributed by atoms with Gasteiger partial charge in [0.05, 0.1) is 11.5 Å². The van der Waals surface area contributed by atoms with Crippen LogP contribution in [0.2, 0.25) is 0 Å². The molecule has 1 saturated heterocycles. The highest BCUT2D eigenvalue weighted by atomic mass is 32.2. The number of nitrogens with zero attached hydrogens (tertiary/aromatic N) is 2. The lowest BCUT2D eigenvalue weighted by atomic mass is 10.1. The van der Waals surface area contributed by atoms with Crippen LogP contribution in [0.15, 0.2) is 6.07 Å². The van der Waals surface area contributed by atoms with Gasteiger partial charge in [0.1, 0.15) is 15.7 Å². The number of nitrogens with two attached hydrogens (primary N) is 1. The van der Waals surface area contributed by atoms with Gasteiger partial charge in [-0.1, -0.05) is 0 Å². The fourth-order valence-corrected chi connectivity index (χ4v) is 3.44. The van der Waals surface area contributed by atoms with Gasteiger partial charge in [0, 0.05) is 17.8 Å². The summed E-state index contributed by atoms with van der Waals surface area (Å²) in [4.78, 5) is 8.26. The molecule has 0 spiro atoms. The number of anilines is 2. The van der Waals surface area contributed by atoms with Gasteiger partial charge >= 0.3 is 0 Å². The molecule has 1 aromatic rings. The van der Waals surface area contributed by atoms with E-state index in [4.69, 9.17) is 5.84 Å². The van der Waals surface area contributed by atoms with Gasteiger partial charge in [-0.2, -0.15) is 4.98 Å². The molecule has 18 heavy (non-hydrogen) atoms. The standard InChI is InChI=1S/C10H17N5O2S/c1-7-6-9(14-10(12-7)15-11)13-8-2-4-18(16,17)5-3-8/h6,8H,2-5,11H2,1H3,(H2,12,13,14,15). The molecule has 1 aliphatic rings. The zero-order valence-corrected chi connectivity index (χ0v) is 11.0. The summed E-state index contributed by atoms with van der Waals surface area (Å²) in [5.74, 6) is 6.75. The molecule has 8 heteroatoms. The van der Waals surface area contributed by atoms with Crippen LogP contribution in [0.3, 0.4) is 0 Å². The molecule has 2 rings (SSSR count). The summed E-state index contributed by atoms with van der Waals surface area (Å²) >= 11 is 0. The zero-order chi connectivity index (χ0) is 13.2. The van der Waals surface area contributed by atoms with Crippen LogP contribution in [-0.4, -0.2) is 35.9 Å². The summed E-state index contributed by atoms with van der Waals surface area (Å²) in [7, 11) is -2.83. The minimum Gasteiger partial charge on any atom is -0.367 e. The predicted octanol–water partition coefficient (Wildman–Crippen LogP) is 0.0597. The number of hydrogen-bond acceptors (Lipinski definition) is 7. The van der Waals surface area contributed by atoms with E-state index >= 15 is 0 Å². The van der Waals surface area contributed by atoms with E-state index in [0.29, 0.717) is 24.6 Å². The summed E-state index contributed by atoms with van der Waals surface area (Å²) in [5, 5.41) is 3.22. The molecule has 100 valence electrons. The third-order valence-corrected chi connectivity index (χ3v) is 4.61. The minimum absolute atomic E-state index is 0.133. The van der Waals surface area contributed by atoms with E-state index in [1.807, 2.05) is 13.0 Å². The van der Waals surface area contributed by atoms with Crippen molar-refractivity contribution in [2.45, 2.75) is 25.8 Å². The van der Waals surface area contributed by atoms with Gasteiger partial charge in [-0.15, -0.1) is 0 Å². The molecule has 0 amide bonds. The van der Waals surface area contributed by atoms with E-state index in [0.717, 1.165) is 5.69 Å². The quantitative estimate of drug-likeness (QED) is 0.526. The Labute approximate surface area is 106 Å². The lowest BCUT2D eigenvalue weighted by molar-refractivity contribution is 0.559. The van der Waals surface area contributed by atoms with Gasteiger partial charge < -0.3 is 5.32 Å². The molecular formula is C10H17N5O2S. The highest BCUT2D eigenvalue weighted by Gasteiger charge is 2.23. The van der Waals surface area contributed by atoms with Crippen molar-refractivity contribution in [3.63, 3.8) is 0 Å². The summed E-state index contributed by atoms with van der Waals surface area (Å²) in [5.41, 5.74) is 3.20. The van der Waals surface area contributed by atoms with Crippen molar-refractivity contribution in [3.8, 4) is 0 Å². The van der Waals surface area contributed by atoms with Gasteiger partial charge in [0.15, 0.2) is 0 Å². The second kappa shape index (κ2) is 5.07. The number of aromatic nitrogens is 2. The maximum absolute atomic E-state index is 11.3. The Morgan fingerprint density at radius 1 is 1.33 bits per heavy atom. The second-order valence-electron chi connectivity index (χ2n) is 4.43. The van der Waals surface area contributed by atoms with Gasteiger partial charge in [0.2, 0.25) is 5.95 Å². The van der Waals surface area contributed by atoms with Crippen LogP contribution in [0.4, 0.5) is 11.8 Å². The molecule has 0 saturated carbocycles. The van der Waals surface area contributed by atoms with Crippen molar-refractivity contribution in [1.29, 1.82) is 0 Å². The molecule has 2 heterocycles. The first kappa shape index (κ1) is 13.0. The van der Waals surface area contributed by atoms with Crippen LogP contribution in [0.1, 0.15) is 18.5 Å².